The van der Waals surface area contributed by atoms with E-state index in [-0.39, 0.29) is 18.0 Å². The second kappa shape index (κ2) is 6.43. The van der Waals surface area contributed by atoms with E-state index in [9.17, 15) is 9.18 Å². The maximum absolute atomic E-state index is 13.6. The van der Waals surface area contributed by atoms with Gasteiger partial charge < -0.3 is 5.32 Å². The summed E-state index contributed by atoms with van der Waals surface area (Å²) in [5.74, 6) is 0.309. The minimum absolute atomic E-state index is 0.142. The quantitative estimate of drug-likeness (QED) is 0.925. The van der Waals surface area contributed by atoms with E-state index in [0.29, 0.717) is 22.4 Å². The van der Waals surface area contributed by atoms with Crippen molar-refractivity contribution in [3.05, 3.63) is 34.1 Å². The standard InChI is InChI=1S/C14H17BrFNO/c15-12-2-1-11(14(16)9-12)8-13(18)7-10-3-5-17-6-4-10/h1-2,9-10,17H,3-8H2. The molecule has 1 aromatic carbocycles. The molecule has 1 aromatic rings. The van der Waals surface area contributed by atoms with E-state index in [4.69, 9.17) is 0 Å². The summed E-state index contributed by atoms with van der Waals surface area (Å²) in [5, 5.41) is 3.28. The molecule has 1 saturated heterocycles. The first kappa shape index (κ1) is 13.7. The largest absolute Gasteiger partial charge is 0.317 e. The molecular formula is C14H17BrFNO. The summed E-state index contributed by atoms with van der Waals surface area (Å²) in [6.07, 6.45) is 2.89. The van der Waals surface area contributed by atoms with Gasteiger partial charge in [0.15, 0.2) is 0 Å². The second-order valence-corrected chi connectivity index (χ2v) is 5.76. The fourth-order valence-electron chi connectivity index (χ4n) is 2.36. The van der Waals surface area contributed by atoms with Crippen LogP contribution in [0.15, 0.2) is 22.7 Å². The highest BCUT2D eigenvalue weighted by Crippen LogP contribution is 2.20. The fraction of sp³-hybridized carbons (Fsp3) is 0.500. The lowest BCUT2D eigenvalue weighted by molar-refractivity contribution is -0.119. The molecule has 1 fully saturated rings. The topological polar surface area (TPSA) is 29.1 Å². The van der Waals surface area contributed by atoms with Gasteiger partial charge in [0, 0.05) is 17.3 Å². The monoisotopic (exact) mass is 313 g/mol. The lowest BCUT2D eigenvalue weighted by Crippen LogP contribution is -2.29. The average Bonchev–Trinajstić information content (AvgIpc) is 2.34. The van der Waals surface area contributed by atoms with E-state index in [0.717, 1.165) is 25.9 Å². The number of hydrogen-bond donors (Lipinski definition) is 1. The number of Topliss-reactive ketones (excluding diaryl/α,β-unsaturated/α-hetero) is 1. The Bertz CT molecular complexity index is 430. The van der Waals surface area contributed by atoms with E-state index in [1.807, 2.05) is 0 Å². The van der Waals surface area contributed by atoms with Crippen molar-refractivity contribution in [1.29, 1.82) is 0 Å². The molecule has 1 heterocycles. The van der Waals surface area contributed by atoms with Gasteiger partial charge in [-0.3, -0.25) is 4.79 Å². The zero-order valence-electron chi connectivity index (χ0n) is 10.2. The Labute approximate surface area is 115 Å². The van der Waals surface area contributed by atoms with E-state index >= 15 is 0 Å². The number of benzene rings is 1. The van der Waals surface area contributed by atoms with E-state index in [2.05, 4.69) is 21.2 Å². The van der Waals surface area contributed by atoms with Crippen LogP contribution in [0.5, 0.6) is 0 Å². The molecular weight excluding hydrogens is 297 g/mol. The van der Waals surface area contributed by atoms with Crippen LogP contribution in [0, 0.1) is 11.7 Å². The molecule has 0 unspecified atom stereocenters. The minimum Gasteiger partial charge on any atom is -0.317 e. The lowest BCUT2D eigenvalue weighted by Gasteiger charge is -2.21. The molecule has 18 heavy (non-hydrogen) atoms. The SMILES string of the molecule is O=C(Cc1ccc(Br)cc1F)CC1CCNCC1. The number of carbonyl (C=O) groups excluding carboxylic acids is 1. The number of nitrogens with one attached hydrogen (secondary N) is 1. The number of halogens is 2. The highest BCUT2D eigenvalue weighted by Gasteiger charge is 2.17. The first-order valence-electron chi connectivity index (χ1n) is 6.31. The van der Waals surface area contributed by atoms with Crippen molar-refractivity contribution in [1.82, 2.24) is 5.32 Å². The predicted octanol–water partition coefficient (Wildman–Crippen LogP) is 3.09. The van der Waals surface area contributed by atoms with Crippen molar-refractivity contribution >= 4 is 21.7 Å². The molecule has 0 saturated carbocycles. The van der Waals surface area contributed by atoms with Crippen LogP contribution in [-0.4, -0.2) is 18.9 Å². The Hall–Kier alpha value is -0.740. The average molecular weight is 314 g/mol. The second-order valence-electron chi connectivity index (χ2n) is 4.85. The number of ketones is 1. The van der Waals surface area contributed by atoms with Gasteiger partial charge in [0.1, 0.15) is 11.6 Å². The Kier molecular flexibility index (Phi) is 4.89. The highest BCUT2D eigenvalue weighted by atomic mass is 79.9. The maximum atomic E-state index is 13.6. The Balaban J connectivity index is 1.90. The Morgan fingerprint density at radius 1 is 1.39 bits per heavy atom. The van der Waals surface area contributed by atoms with Crippen LogP contribution in [0.1, 0.15) is 24.8 Å². The van der Waals surface area contributed by atoms with Gasteiger partial charge in [-0.15, -0.1) is 0 Å². The lowest BCUT2D eigenvalue weighted by atomic mass is 9.91. The molecule has 0 atom stereocenters. The van der Waals surface area contributed by atoms with Gasteiger partial charge in [-0.25, -0.2) is 4.39 Å². The van der Waals surface area contributed by atoms with Gasteiger partial charge in [0.05, 0.1) is 0 Å². The molecule has 0 aromatic heterocycles. The molecule has 1 aliphatic heterocycles. The van der Waals surface area contributed by atoms with E-state index < -0.39 is 0 Å². The third kappa shape index (κ3) is 3.89. The van der Waals surface area contributed by atoms with Crippen molar-refractivity contribution < 1.29 is 9.18 Å². The fourth-order valence-corrected chi connectivity index (χ4v) is 2.69. The number of carbonyl (C=O) groups is 1. The first-order chi connectivity index (χ1) is 8.65. The highest BCUT2D eigenvalue weighted by molar-refractivity contribution is 9.10. The van der Waals surface area contributed by atoms with Crippen LogP contribution in [-0.2, 0) is 11.2 Å². The van der Waals surface area contributed by atoms with Crippen molar-refractivity contribution in [2.75, 3.05) is 13.1 Å². The maximum Gasteiger partial charge on any atom is 0.137 e. The smallest absolute Gasteiger partial charge is 0.137 e. The molecule has 1 N–H and O–H groups in total. The van der Waals surface area contributed by atoms with Crippen LogP contribution in [0.4, 0.5) is 4.39 Å². The van der Waals surface area contributed by atoms with E-state index in [1.165, 1.54) is 6.07 Å². The van der Waals surface area contributed by atoms with Crippen LogP contribution in [0.25, 0.3) is 0 Å². The summed E-state index contributed by atoms with van der Waals surface area (Å²) < 4.78 is 14.3. The first-order valence-corrected chi connectivity index (χ1v) is 7.11. The summed E-state index contributed by atoms with van der Waals surface area (Å²) in [7, 11) is 0. The molecule has 0 radical (unpaired) electrons. The van der Waals surface area contributed by atoms with Crippen molar-refractivity contribution in [2.45, 2.75) is 25.7 Å². The van der Waals surface area contributed by atoms with Crippen molar-refractivity contribution in [3.8, 4) is 0 Å². The predicted molar refractivity (Wildman–Crippen MR) is 73.0 cm³/mol. The molecule has 0 spiro atoms. The summed E-state index contributed by atoms with van der Waals surface area (Å²) in [6, 6.07) is 4.86. The van der Waals surface area contributed by atoms with Gasteiger partial charge in [-0.1, -0.05) is 22.0 Å². The molecule has 2 rings (SSSR count). The van der Waals surface area contributed by atoms with Gasteiger partial charge in [-0.2, -0.15) is 0 Å². The third-order valence-electron chi connectivity index (χ3n) is 3.38. The van der Waals surface area contributed by atoms with Gasteiger partial charge in [0.2, 0.25) is 0 Å². The van der Waals surface area contributed by atoms with E-state index in [1.54, 1.807) is 12.1 Å². The summed E-state index contributed by atoms with van der Waals surface area (Å²) in [6.45, 7) is 1.98. The molecule has 0 aliphatic carbocycles. The van der Waals surface area contributed by atoms with Crippen molar-refractivity contribution in [2.24, 2.45) is 5.92 Å². The van der Waals surface area contributed by atoms with Gasteiger partial charge in [-0.05, 0) is 49.5 Å². The van der Waals surface area contributed by atoms with Crippen LogP contribution in [0.3, 0.4) is 0 Å². The number of rotatable bonds is 4. The van der Waals surface area contributed by atoms with Crippen molar-refractivity contribution in [3.63, 3.8) is 0 Å². The number of piperidine rings is 1. The summed E-state index contributed by atoms with van der Waals surface area (Å²) in [5.41, 5.74) is 0.497. The Morgan fingerprint density at radius 2 is 2.11 bits per heavy atom. The molecule has 1 aliphatic rings. The number of hydrogen-bond acceptors (Lipinski definition) is 2. The molecule has 2 nitrogen and oxygen atoms in total. The summed E-state index contributed by atoms with van der Waals surface area (Å²) in [4.78, 5) is 11.9. The van der Waals surface area contributed by atoms with Gasteiger partial charge in [0.25, 0.3) is 0 Å². The normalized spacial score (nSPS) is 16.8. The molecule has 0 bridgehead atoms. The minimum atomic E-state index is -0.303. The van der Waals surface area contributed by atoms with Crippen LogP contribution in [0.2, 0.25) is 0 Å². The van der Waals surface area contributed by atoms with Crippen LogP contribution < -0.4 is 5.32 Å². The van der Waals surface area contributed by atoms with Crippen LogP contribution >= 0.6 is 15.9 Å². The molecule has 98 valence electrons. The summed E-state index contributed by atoms with van der Waals surface area (Å²) >= 11 is 3.21. The molecule has 4 heteroatoms. The molecule has 0 amide bonds. The zero-order chi connectivity index (χ0) is 13.0. The third-order valence-corrected chi connectivity index (χ3v) is 3.87. The zero-order valence-corrected chi connectivity index (χ0v) is 11.8. The van der Waals surface area contributed by atoms with Gasteiger partial charge >= 0.3 is 0 Å². The Morgan fingerprint density at radius 3 is 2.78 bits per heavy atom.